The fourth-order valence-electron chi connectivity index (χ4n) is 4.07. The van der Waals surface area contributed by atoms with E-state index < -0.39 is 0 Å². The first-order chi connectivity index (χ1) is 9.12. The molecule has 2 atom stereocenters. The summed E-state index contributed by atoms with van der Waals surface area (Å²) in [5.74, 6) is 1.67. The maximum atomic E-state index is 12.1. The monoisotopic (exact) mass is 265 g/mol. The molecule has 0 bridgehead atoms. The second-order valence-electron chi connectivity index (χ2n) is 6.90. The van der Waals surface area contributed by atoms with E-state index in [2.05, 4.69) is 25.7 Å². The Morgan fingerprint density at radius 3 is 2.58 bits per heavy atom. The molecule has 0 aromatic heterocycles. The van der Waals surface area contributed by atoms with Gasteiger partial charge in [0, 0.05) is 25.4 Å². The lowest BCUT2D eigenvalue weighted by atomic mass is 9.79. The Hall–Kier alpha value is -0.370. The molecule has 0 amide bonds. The van der Waals surface area contributed by atoms with Crippen LogP contribution in [0.1, 0.15) is 65.7 Å². The van der Waals surface area contributed by atoms with Crippen molar-refractivity contribution in [1.29, 1.82) is 0 Å². The van der Waals surface area contributed by atoms with Gasteiger partial charge in [-0.3, -0.25) is 4.79 Å². The lowest BCUT2D eigenvalue weighted by Crippen LogP contribution is -2.36. The number of Topliss-reactive ketones (excluding diaryl/α,β-unsaturated/α-hetero) is 1. The van der Waals surface area contributed by atoms with Crippen LogP contribution in [0.15, 0.2) is 0 Å². The molecule has 0 radical (unpaired) electrons. The molecule has 0 spiro atoms. The van der Waals surface area contributed by atoms with Crippen LogP contribution in [-0.2, 0) is 4.79 Å². The molecule has 1 saturated heterocycles. The van der Waals surface area contributed by atoms with Gasteiger partial charge in [-0.05, 0) is 50.0 Å². The molecule has 1 heterocycles. The van der Waals surface area contributed by atoms with Gasteiger partial charge < -0.3 is 4.90 Å². The molecule has 2 aliphatic rings. The van der Waals surface area contributed by atoms with Gasteiger partial charge in [0.25, 0.3) is 0 Å². The number of rotatable bonds is 5. The molecule has 0 N–H and O–H groups in total. The van der Waals surface area contributed by atoms with Crippen molar-refractivity contribution in [1.82, 2.24) is 4.90 Å². The molecule has 1 aliphatic carbocycles. The van der Waals surface area contributed by atoms with E-state index in [4.69, 9.17) is 0 Å². The van der Waals surface area contributed by atoms with Crippen molar-refractivity contribution in [3.05, 3.63) is 0 Å². The van der Waals surface area contributed by atoms with Crippen molar-refractivity contribution < 1.29 is 4.79 Å². The zero-order valence-electron chi connectivity index (χ0n) is 13.1. The normalized spacial score (nSPS) is 31.8. The van der Waals surface area contributed by atoms with E-state index in [0.29, 0.717) is 17.1 Å². The van der Waals surface area contributed by atoms with Crippen molar-refractivity contribution in [2.75, 3.05) is 19.6 Å². The van der Waals surface area contributed by atoms with Gasteiger partial charge in [-0.25, -0.2) is 0 Å². The minimum Gasteiger partial charge on any atom is -0.302 e. The van der Waals surface area contributed by atoms with Crippen LogP contribution in [0.3, 0.4) is 0 Å². The molecule has 1 saturated carbocycles. The summed E-state index contributed by atoms with van der Waals surface area (Å²) < 4.78 is 0. The van der Waals surface area contributed by atoms with E-state index in [-0.39, 0.29) is 0 Å². The van der Waals surface area contributed by atoms with Crippen molar-refractivity contribution in [3.8, 4) is 0 Å². The van der Waals surface area contributed by atoms with Crippen LogP contribution in [0, 0.1) is 17.3 Å². The van der Waals surface area contributed by atoms with Crippen molar-refractivity contribution >= 4 is 5.78 Å². The number of hydrogen-bond donors (Lipinski definition) is 0. The number of carbonyl (C=O) groups is 1. The van der Waals surface area contributed by atoms with Gasteiger partial charge in [-0.1, -0.05) is 27.2 Å². The summed E-state index contributed by atoms with van der Waals surface area (Å²) >= 11 is 0. The minimum absolute atomic E-state index is 0.336. The van der Waals surface area contributed by atoms with Crippen LogP contribution >= 0.6 is 0 Å². The Morgan fingerprint density at radius 1 is 1.26 bits per heavy atom. The van der Waals surface area contributed by atoms with Crippen LogP contribution in [0.5, 0.6) is 0 Å². The largest absolute Gasteiger partial charge is 0.302 e. The minimum atomic E-state index is 0.336. The third-order valence-electron chi connectivity index (χ3n) is 5.95. The summed E-state index contributed by atoms with van der Waals surface area (Å²) in [6.07, 6.45) is 8.28. The van der Waals surface area contributed by atoms with Crippen LogP contribution in [0.4, 0.5) is 0 Å². The first-order valence-electron chi connectivity index (χ1n) is 8.37. The molecule has 2 nitrogen and oxygen atoms in total. The number of nitrogens with zero attached hydrogens (tertiary/aromatic N) is 1. The number of carbonyl (C=O) groups excluding carboxylic acids is 1. The zero-order chi connectivity index (χ0) is 13.9. The Kier molecular flexibility index (Phi) is 5.05. The Bertz CT molecular complexity index is 308. The predicted molar refractivity (Wildman–Crippen MR) is 80.2 cm³/mol. The Labute approximate surface area is 118 Å². The highest BCUT2D eigenvalue weighted by molar-refractivity contribution is 5.81. The van der Waals surface area contributed by atoms with Crippen LogP contribution < -0.4 is 0 Å². The molecule has 1 aliphatic heterocycles. The Morgan fingerprint density at radius 2 is 2.00 bits per heavy atom. The Balaban J connectivity index is 1.89. The SMILES string of the molecule is CCC1CCC(=O)C(CN2CCC(CC)(CC)C2)C1. The lowest BCUT2D eigenvalue weighted by molar-refractivity contribution is -0.126. The maximum Gasteiger partial charge on any atom is 0.137 e. The second kappa shape index (κ2) is 6.39. The van der Waals surface area contributed by atoms with Crippen LogP contribution in [0.25, 0.3) is 0 Å². The molecular formula is C17H31NO. The van der Waals surface area contributed by atoms with E-state index in [0.717, 1.165) is 31.7 Å². The maximum absolute atomic E-state index is 12.1. The average molecular weight is 265 g/mol. The van der Waals surface area contributed by atoms with Gasteiger partial charge in [0.2, 0.25) is 0 Å². The van der Waals surface area contributed by atoms with E-state index >= 15 is 0 Å². The summed E-state index contributed by atoms with van der Waals surface area (Å²) in [5.41, 5.74) is 0.544. The molecule has 0 aromatic carbocycles. The summed E-state index contributed by atoms with van der Waals surface area (Å²) in [6, 6.07) is 0. The molecule has 0 aromatic rings. The zero-order valence-corrected chi connectivity index (χ0v) is 13.1. The lowest BCUT2D eigenvalue weighted by Gasteiger charge is -2.32. The molecule has 2 fully saturated rings. The van der Waals surface area contributed by atoms with E-state index in [1.807, 2.05) is 0 Å². The molecular weight excluding hydrogens is 234 g/mol. The van der Waals surface area contributed by atoms with Crippen LogP contribution in [-0.4, -0.2) is 30.3 Å². The van der Waals surface area contributed by atoms with Crippen molar-refractivity contribution in [2.24, 2.45) is 17.3 Å². The van der Waals surface area contributed by atoms with Gasteiger partial charge in [0.15, 0.2) is 0 Å². The van der Waals surface area contributed by atoms with Gasteiger partial charge >= 0.3 is 0 Å². The topological polar surface area (TPSA) is 20.3 Å². The van der Waals surface area contributed by atoms with E-state index in [1.54, 1.807) is 0 Å². The highest BCUT2D eigenvalue weighted by atomic mass is 16.1. The van der Waals surface area contributed by atoms with Crippen LogP contribution in [0.2, 0.25) is 0 Å². The highest BCUT2D eigenvalue weighted by Crippen LogP contribution is 2.38. The van der Waals surface area contributed by atoms with Crippen molar-refractivity contribution in [3.63, 3.8) is 0 Å². The first kappa shape index (κ1) is 15.0. The average Bonchev–Trinajstić information content (AvgIpc) is 2.85. The van der Waals surface area contributed by atoms with Crippen molar-refractivity contribution in [2.45, 2.75) is 65.7 Å². The number of likely N-dealkylation sites (tertiary alicyclic amines) is 1. The quantitative estimate of drug-likeness (QED) is 0.751. The third-order valence-corrected chi connectivity index (χ3v) is 5.95. The summed E-state index contributed by atoms with van der Waals surface area (Å²) in [7, 11) is 0. The molecule has 2 rings (SSSR count). The molecule has 2 heteroatoms. The smallest absolute Gasteiger partial charge is 0.137 e. The summed E-state index contributed by atoms with van der Waals surface area (Å²) in [5, 5.41) is 0. The summed E-state index contributed by atoms with van der Waals surface area (Å²) in [4.78, 5) is 14.7. The summed E-state index contributed by atoms with van der Waals surface area (Å²) in [6.45, 7) is 10.4. The van der Waals surface area contributed by atoms with E-state index in [9.17, 15) is 4.79 Å². The fraction of sp³-hybridized carbons (Fsp3) is 0.941. The van der Waals surface area contributed by atoms with Gasteiger partial charge in [-0.15, -0.1) is 0 Å². The van der Waals surface area contributed by atoms with Gasteiger partial charge in [0.05, 0.1) is 0 Å². The number of hydrogen-bond acceptors (Lipinski definition) is 2. The molecule has 2 unspecified atom stereocenters. The van der Waals surface area contributed by atoms with E-state index in [1.165, 1.54) is 38.8 Å². The standard InChI is InChI=1S/C17H31NO/c1-4-14-7-8-16(19)15(11-14)12-18-10-9-17(5-2,6-3)13-18/h14-15H,4-13H2,1-3H3. The fourth-order valence-corrected chi connectivity index (χ4v) is 4.07. The molecule has 110 valence electrons. The second-order valence-corrected chi connectivity index (χ2v) is 6.90. The third kappa shape index (κ3) is 3.39. The highest BCUT2D eigenvalue weighted by Gasteiger charge is 2.37. The first-order valence-corrected chi connectivity index (χ1v) is 8.37. The molecule has 19 heavy (non-hydrogen) atoms. The van der Waals surface area contributed by atoms with Gasteiger partial charge in [-0.2, -0.15) is 0 Å². The predicted octanol–water partition coefficient (Wildman–Crippen LogP) is 3.89. The van der Waals surface area contributed by atoms with Gasteiger partial charge in [0.1, 0.15) is 5.78 Å². The number of ketones is 1.